The van der Waals surface area contributed by atoms with E-state index in [4.69, 9.17) is 0 Å². The van der Waals surface area contributed by atoms with Crippen molar-refractivity contribution < 1.29 is 0 Å². The molecule has 0 aliphatic carbocycles. The van der Waals surface area contributed by atoms with E-state index in [9.17, 15) is 0 Å². The molecule has 24 valence electrons. The van der Waals surface area contributed by atoms with Crippen molar-refractivity contribution in [1.82, 2.24) is 0 Å². The van der Waals surface area contributed by atoms with E-state index in [2.05, 4.69) is 22.0 Å². The molecule has 0 N–H and O–H groups in total. The second-order valence-electron chi connectivity index (χ2n) is 0.910. The largest absolute Gasteiger partial charge is 0.0535 e. The lowest BCUT2D eigenvalue weighted by atomic mass is 11.0. The summed E-state index contributed by atoms with van der Waals surface area (Å²) in [7, 11) is 0. The van der Waals surface area contributed by atoms with Crippen LogP contribution in [0.25, 0.3) is 0 Å². The van der Waals surface area contributed by atoms with Crippen molar-refractivity contribution in [1.29, 1.82) is 0 Å². The maximum absolute atomic E-state index is 2.52. The van der Waals surface area contributed by atoms with Gasteiger partial charge in [0.15, 0.2) is 0 Å². The average molecular weight is 186 g/mol. The molecule has 0 nitrogen and oxygen atoms in total. The van der Waals surface area contributed by atoms with Gasteiger partial charge in [-0.3, -0.25) is 0 Å². The van der Waals surface area contributed by atoms with E-state index >= 15 is 0 Å². The topological polar surface area (TPSA) is 0 Å². The molecule has 1 fully saturated rings. The van der Waals surface area contributed by atoms with Gasteiger partial charge in [0.05, 0.1) is 0 Å². The number of hydrogen-bond donors (Lipinski definition) is 0. The van der Waals surface area contributed by atoms with Gasteiger partial charge in [-0.1, -0.05) is 22.0 Å². The monoisotopic (exact) mass is 186 g/mol. The second kappa shape index (κ2) is 1.09. The van der Waals surface area contributed by atoms with E-state index in [0.29, 0.717) is 5.56 Å². The van der Waals surface area contributed by atoms with Crippen molar-refractivity contribution in [2.45, 2.75) is 0 Å². The summed E-state index contributed by atoms with van der Waals surface area (Å²) >= 11 is 2.52. The molecule has 0 bridgehead atoms. The summed E-state index contributed by atoms with van der Waals surface area (Å²) < 4.78 is 0. The first-order valence-corrected chi connectivity index (χ1v) is 5.80. The van der Waals surface area contributed by atoms with Crippen LogP contribution >= 0.6 is 27.6 Å². The zero-order valence-corrected chi connectivity index (χ0v) is 5.29. The smallest absolute Gasteiger partial charge is 0.0188 e. The molecule has 1 rings (SSSR count). The van der Waals surface area contributed by atoms with Crippen LogP contribution in [0.1, 0.15) is 0 Å². The van der Waals surface area contributed by atoms with E-state index in [-0.39, 0.29) is 0 Å². The molecule has 0 spiro atoms. The van der Waals surface area contributed by atoms with E-state index in [1.165, 1.54) is 12.3 Å². The Balaban J connectivity index is 2.17. The number of hydrogen-bond acceptors (Lipinski definition) is 0. The zero-order chi connectivity index (χ0) is 2.99. The van der Waals surface area contributed by atoms with Gasteiger partial charge < -0.3 is 0 Å². The number of halogens is 1. The van der Waals surface area contributed by atoms with E-state index in [0.717, 1.165) is 0 Å². The molecule has 1 aliphatic rings. The SMILES string of the molecule is IP1CC1. The van der Waals surface area contributed by atoms with Crippen molar-refractivity contribution >= 4 is 27.6 Å². The third kappa shape index (κ3) is 0.852. The van der Waals surface area contributed by atoms with Crippen molar-refractivity contribution in [3.8, 4) is 0 Å². The highest BCUT2D eigenvalue weighted by Crippen LogP contribution is 2.58. The summed E-state index contributed by atoms with van der Waals surface area (Å²) in [6.45, 7) is 0. The molecular formula is C2H4IP. The van der Waals surface area contributed by atoms with Gasteiger partial charge in [0, 0.05) is 0 Å². The highest BCUT2D eigenvalue weighted by atomic mass is 127. The van der Waals surface area contributed by atoms with Gasteiger partial charge in [-0.05, 0) is 17.9 Å². The van der Waals surface area contributed by atoms with Crippen LogP contribution in [-0.4, -0.2) is 12.3 Å². The molecule has 0 saturated carbocycles. The third-order valence-corrected chi connectivity index (χ3v) is 4.07. The number of rotatable bonds is 0. The van der Waals surface area contributed by atoms with Crippen LogP contribution in [0.2, 0.25) is 0 Å². The lowest BCUT2D eigenvalue weighted by Crippen LogP contribution is -1.20. The van der Waals surface area contributed by atoms with Crippen molar-refractivity contribution in [2.24, 2.45) is 0 Å². The summed E-state index contributed by atoms with van der Waals surface area (Å²) in [6.07, 6.45) is 3.08. The van der Waals surface area contributed by atoms with Gasteiger partial charge in [0.25, 0.3) is 0 Å². The van der Waals surface area contributed by atoms with Gasteiger partial charge in [-0.25, -0.2) is 0 Å². The predicted molar refractivity (Wildman–Crippen MR) is 30.7 cm³/mol. The first-order chi connectivity index (χ1) is 1.89. The van der Waals surface area contributed by atoms with Crippen LogP contribution in [0.15, 0.2) is 0 Å². The van der Waals surface area contributed by atoms with Crippen LogP contribution in [-0.2, 0) is 0 Å². The standard InChI is InChI=1S/C2H4IP/c3-4-1-2-4/h1-2H2. The highest BCUT2D eigenvalue weighted by Gasteiger charge is 2.14. The Bertz CT molecular complexity index is 25.2. The lowest BCUT2D eigenvalue weighted by molar-refractivity contribution is 1.75. The molecule has 0 atom stereocenters. The van der Waals surface area contributed by atoms with Crippen LogP contribution in [0.3, 0.4) is 0 Å². The highest BCUT2D eigenvalue weighted by molar-refractivity contribution is 14.2. The Kier molecular flexibility index (Phi) is 0.918. The molecule has 4 heavy (non-hydrogen) atoms. The molecule has 0 radical (unpaired) electrons. The molecule has 0 aromatic carbocycles. The van der Waals surface area contributed by atoms with Crippen LogP contribution in [0, 0.1) is 0 Å². The fourth-order valence-electron chi connectivity index (χ4n) is 0.0378. The van der Waals surface area contributed by atoms with Crippen molar-refractivity contribution in [2.75, 3.05) is 12.3 Å². The molecule has 1 aliphatic heterocycles. The van der Waals surface area contributed by atoms with E-state index < -0.39 is 0 Å². The first kappa shape index (κ1) is 3.35. The summed E-state index contributed by atoms with van der Waals surface area (Å²) in [5.74, 6) is 0. The Morgan fingerprint density at radius 3 is 1.75 bits per heavy atom. The summed E-state index contributed by atoms with van der Waals surface area (Å²) in [6, 6.07) is 0. The normalized spacial score (nSPS) is 26.2. The first-order valence-electron chi connectivity index (χ1n) is 1.30. The molecular weight excluding hydrogens is 182 g/mol. The Labute approximate surface area is 40.2 Å². The maximum Gasteiger partial charge on any atom is -0.0188 e. The van der Waals surface area contributed by atoms with Gasteiger partial charge in [0.1, 0.15) is 0 Å². The summed E-state index contributed by atoms with van der Waals surface area (Å²) in [5, 5.41) is 0. The van der Waals surface area contributed by atoms with Crippen molar-refractivity contribution in [3.63, 3.8) is 0 Å². The Morgan fingerprint density at radius 1 is 1.50 bits per heavy atom. The van der Waals surface area contributed by atoms with Gasteiger partial charge >= 0.3 is 0 Å². The van der Waals surface area contributed by atoms with Crippen LogP contribution < -0.4 is 0 Å². The molecule has 0 unspecified atom stereocenters. The van der Waals surface area contributed by atoms with Gasteiger partial charge in [-0.15, -0.1) is 0 Å². The zero-order valence-electron chi connectivity index (χ0n) is 2.24. The molecule has 1 saturated heterocycles. The quantitative estimate of drug-likeness (QED) is 0.399. The fraction of sp³-hybridized carbons (Fsp3) is 1.00. The van der Waals surface area contributed by atoms with E-state index in [1.54, 1.807) is 0 Å². The summed E-state index contributed by atoms with van der Waals surface area (Å²) in [5.41, 5.74) is 0.600. The Morgan fingerprint density at radius 2 is 1.75 bits per heavy atom. The maximum atomic E-state index is 2.52. The average Bonchev–Trinajstić information content (AvgIpc) is 1.75. The second-order valence-corrected chi connectivity index (χ2v) is 6.82. The minimum Gasteiger partial charge on any atom is -0.0535 e. The lowest BCUT2D eigenvalue weighted by Gasteiger charge is -1.52. The van der Waals surface area contributed by atoms with Crippen LogP contribution in [0.5, 0.6) is 0 Å². The molecule has 0 aromatic heterocycles. The van der Waals surface area contributed by atoms with Gasteiger partial charge in [0.2, 0.25) is 0 Å². The minimum absolute atomic E-state index is 0.600. The van der Waals surface area contributed by atoms with Crippen molar-refractivity contribution in [3.05, 3.63) is 0 Å². The van der Waals surface area contributed by atoms with Gasteiger partial charge in [-0.2, -0.15) is 0 Å². The Hall–Kier alpha value is 1.16. The molecule has 1 heterocycles. The fourth-order valence-corrected chi connectivity index (χ4v) is 2.28. The third-order valence-electron chi connectivity index (χ3n) is 0.393. The molecule has 2 heteroatoms. The minimum atomic E-state index is 0.600. The van der Waals surface area contributed by atoms with E-state index in [1.807, 2.05) is 0 Å². The van der Waals surface area contributed by atoms with Crippen LogP contribution in [0.4, 0.5) is 0 Å². The molecule has 0 amide bonds. The predicted octanol–water partition coefficient (Wildman–Crippen LogP) is 1.83. The summed E-state index contributed by atoms with van der Waals surface area (Å²) in [4.78, 5) is 0. The molecule has 0 aromatic rings.